The Hall–Kier alpha value is -2.87. The van der Waals surface area contributed by atoms with Crippen LogP contribution in [0.1, 0.15) is 10.4 Å². The minimum absolute atomic E-state index is 0.349. The lowest BCUT2D eigenvalue weighted by Gasteiger charge is -2.10. The van der Waals surface area contributed by atoms with Gasteiger partial charge in [-0.2, -0.15) is 0 Å². The molecule has 0 aliphatic rings. The number of pyridine rings is 1. The van der Waals surface area contributed by atoms with Gasteiger partial charge in [-0.05, 0) is 24.3 Å². The maximum Gasteiger partial charge on any atom is 0.337 e. The first-order valence-corrected chi connectivity index (χ1v) is 7.39. The van der Waals surface area contributed by atoms with Crippen LogP contribution in [-0.2, 0) is 4.74 Å². The van der Waals surface area contributed by atoms with Crippen LogP contribution in [0.15, 0.2) is 30.3 Å². The minimum Gasteiger partial charge on any atom is -0.493 e. The molecule has 0 radical (unpaired) electrons. The normalized spacial score (nSPS) is 10.5. The van der Waals surface area contributed by atoms with Gasteiger partial charge in [-0.25, -0.2) is 14.8 Å². The molecule has 0 saturated carbocycles. The van der Waals surface area contributed by atoms with Crippen molar-refractivity contribution in [3.8, 4) is 17.4 Å². The van der Waals surface area contributed by atoms with Gasteiger partial charge in [-0.15, -0.1) is 0 Å². The fourth-order valence-corrected chi connectivity index (χ4v) is 2.68. The number of aromatic nitrogens is 2. The van der Waals surface area contributed by atoms with E-state index in [1.165, 1.54) is 31.6 Å². The number of hydrogen-bond acceptors (Lipinski definition) is 8. The Balaban J connectivity index is 1.97. The molecule has 0 bridgehead atoms. The molecule has 3 aromatic rings. The van der Waals surface area contributed by atoms with Gasteiger partial charge >= 0.3 is 5.97 Å². The maximum absolute atomic E-state index is 11.6. The molecule has 0 spiro atoms. The molecule has 0 fully saturated rings. The molecule has 0 aliphatic carbocycles. The SMILES string of the molecule is COC(=O)c1ccc(OC)c(Oc2ccc3nc(N)sc3n2)c1. The highest BCUT2D eigenvalue weighted by atomic mass is 32.1. The molecule has 0 saturated heterocycles. The molecule has 0 atom stereocenters. The van der Waals surface area contributed by atoms with Gasteiger partial charge in [0.15, 0.2) is 16.6 Å². The second-order valence-electron chi connectivity index (χ2n) is 4.49. The maximum atomic E-state index is 11.6. The quantitative estimate of drug-likeness (QED) is 0.734. The van der Waals surface area contributed by atoms with Crippen LogP contribution in [0.3, 0.4) is 0 Å². The first-order chi connectivity index (χ1) is 11.1. The van der Waals surface area contributed by atoms with Crippen molar-refractivity contribution in [3.63, 3.8) is 0 Å². The van der Waals surface area contributed by atoms with Gasteiger partial charge in [0, 0.05) is 6.07 Å². The number of thiazole rings is 1. The Morgan fingerprint density at radius 2 is 1.96 bits per heavy atom. The van der Waals surface area contributed by atoms with Crippen molar-refractivity contribution in [3.05, 3.63) is 35.9 Å². The van der Waals surface area contributed by atoms with Gasteiger partial charge < -0.3 is 19.9 Å². The number of benzene rings is 1. The van der Waals surface area contributed by atoms with Crippen molar-refractivity contribution in [1.82, 2.24) is 9.97 Å². The zero-order chi connectivity index (χ0) is 16.4. The van der Waals surface area contributed by atoms with Crippen LogP contribution in [0.4, 0.5) is 5.13 Å². The molecule has 0 unspecified atom stereocenters. The Morgan fingerprint density at radius 1 is 1.13 bits per heavy atom. The van der Waals surface area contributed by atoms with E-state index in [9.17, 15) is 4.79 Å². The highest BCUT2D eigenvalue weighted by molar-refractivity contribution is 7.21. The smallest absolute Gasteiger partial charge is 0.337 e. The second-order valence-corrected chi connectivity index (χ2v) is 5.49. The average Bonchev–Trinajstić information content (AvgIpc) is 2.93. The molecular formula is C15H13N3O4S. The Labute approximate surface area is 135 Å². The zero-order valence-electron chi connectivity index (χ0n) is 12.4. The summed E-state index contributed by atoms with van der Waals surface area (Å²) in [6, 6.07) is 8.20. The van der Waals surface area contributed by atoms with E-state index in [1.807, 2.05) is 0 Å². The molecule has 8 heteroatoms. The predicted octanol–water partition coefficient (Wildman–Crippen LogP) is 2.86. The fourth-order valence-electron chi connectivity index (χ4n) is 1.99. The number of nitrogens with zero attached hydrogens (tertiary/aromatic N) is 2. The molecule has 0 amide bonds. The van der Waals surface area contributed by atoms with Crippen molar-refractivity contribution in [2.24, 2.45) is 0 Å². The number of carbonyl (C=O) groups excluding carboxylic acids is 1. The van der Waals surface area contributed by atoms with E-state index in [-0.39, 0.29) is 0 Å². The molecule has 0 aliphatic heterocycles. The van der Waals surface area contributed by atoms with Crippen LogP contribution in [0.2, 0.25) is 0 Å². The van der Waals surface area contributed by atoms with Crippen molar-refractivity contribution in [2.75, 3.05) is 20.0 Å². The van der Waals surface area contributed by atoms with E-state index in [1.54, 1.807) is 24.3 Å². The molecule has 2 aromatic heterocycles. The van der Waals surface area contributed by atoms with Crippen LogP contribution < -0.4 is 15.2 Å². The number of rotatable bonds is 4. The summed E-state index contributed by atoms with van der Waals surface area (Å²) >= 11 is 1.27. The lowest BCUT2D eigenvalue weighted by molar-refractivity contribution is 0.0600. The van der Waals surface area contributed by atoms with Gasteiger partial charge in [0.1, 0.15) is 10.3 Å². The third kappa shape index (κ3) is 3.02. The molecule has 2 heterocycles. The third-order valence-corrected chi connectivity index (χ3v) is 3.84. The summed E-state index contributed by atoms with van der Waals surface area (Å²) in [6.45, 7) is 0. The Bertz CT molecular complexity index is 878. The fraction of sp³-hybridized carbons (Fsp3) is 0.133. The summed E-state index contributed by atoms with van der Waals surface area (Å²) in [7, 11) is 2.83. The van der Waals surface area contributed by atoms with Gasteiger partial charge in [-0.1, -0.05) is 11.3 Å². The first-order valence-electron chi connectivity index (χ1n) is 6.58. The summed E-state index contributed by atoms with van der Waals surface area (Å²) in [4.78, 5) is 20.8. The van der Waals surface area contributed by atoms with Crippen molar-refractivity contribution in [2.45, 2.75) is 0 Å². The van der Waals surface area contributed by atoms with Gasteiger partial charge in [0.05, 0.1) is 19.8 Å². The van der Waals surface area contributed by atoms with E-state index in [0.29, 0.717) is 38.4 Å². The second kappa shape index (κ2) is 6.09. The first kappa shape index (κ1) is 15.0. The highest BCUT2D eigenvalue weighted by Crippen LogP contribution is 2.33. The molecule has 7 nitrogen and oxygen atoms in total. The van der Waals surface area contributed by atoms with Crippen LogP contribution in [-0.4, -0.2) is 30.2 Å². The Morgan fingerprint density at radius 3 is 2.70 bits per heavy atom. The highest BCUT2D eigenvalue weighted by Gasteiger charge is 2.13. The van der Waals surface area contributed by atoms with E-state index in [2.05, 4.69) is 9.97 Å². The minimum atomic E-state index is -0.462. The zero-order valence-corrected chi connectivity index (χ0v) is 13.2. The third-order valence-electron chi connectivity index (χ3n) is 3.05. The van der Waals surface area contributed by atoms with Crippen molar-refractivity contribution >= 4 is 32.8 Å². The molecular weight excluding hydrogens is 318 g/mol. The summed E-state index contributed by atoms with van der Waals surface area (Å²) in [5, 5.41) is 0.440. The Kier molecular flexibility index (Phi) is 3.98. The largest absolute Gasteiger partial charge is 0.493 e. The van der Waals surface area contributed by atoms with E-state index >= 15 is 0 Å². The van der Waals surface area contributed by atoms with E-state index in [0.717, 1.165) is 0 Å². The number of methoxy groups -OCH3 is 2. The van der Waals surface area contributed by atoms with Gasteiger partial charge in [-0.3, -0.25) is 0 Å². The molecule has 3 rings (SSSR count). The molecule has 118 valence electrons. The number of esters is 1. The van der Waals surface area contributed by atoms with E-state index < -0.39 is 5.97 Å². The number of hydrogen-bond donors (Lipinski definition) is 1. The number of anilines is 1. The van der Waals surface area contributed by atoms with Gasteiger partial charge in [0.2, 0.25) is 5.88 Å². The summed E-state index contributed by atoms with van der Waals surface area (Å²) in [6.07, 6.45) is 0. The number of ether oxygens (including phenoxy) is 3. The monoisotopic (exact) mass is 331 g/mol. The molecule has 1 aromatic carbocycles. The summed E-state index contributed by atoms with van der Waals surface area (Å²) in [5.41, 5.74) is 6.72. The van der Waals surface area contributed by atoms with Crippen molar-refractivity contribution < 1.29 is 19.0 Å². The average molecular weight is 331 g/mol. The number of nitrogens with two attached hydrogens (primary N) is 1. The van der Waals surface area contributed by atoms with Crippen LogP contribution >= 0.6 is 11.3 Å². The summed E-state index contributed by atoms with van der Waals surface area (Å²) < 4.78 is 15.7. The summed E-state index contributed by atoms with van der Waals surface area (Å²) in [5.74, 6) is 0.723. The topological polar surface area (TPSA) is 96.6 Å². The lowest BCUT2D eigenvalue weighted by Crippen LogP contribution is -2.02. The van der Waals surface area contributed by atoms with Crippen LogP contribution in [0.25, 0.3) is 10.3 Å². The lowest BCUT2D eigenvalue weighted by atomic mass is 10.2. The molecule has 23 heavy (non-hydrogen) atoms. The molecule has 2 N–H and O–H groups in total. The number of carbonyl (C=O) groups is 1. The van der Waals surface area contributed by atoms with Crippen LogP contribution in [0.5, 0.6) is 17.4 Å². The predicted molar refractivity (Wildman–Crippen MR) is 86.2 cm³/mol. The number of fused-ring (bicyclic) bond motifs is 1. The number of nitrogen functional groups attached to an aromatic ring is 1. The standard InChI is InChI=1S/C15H13N3O4S/c1-20-10-5-3-8(14(19)21-2)7-11(10)22-12-6-4-9-13(18-12)23-15(16)17-9/h3-7H,1-2H3,(H2,16,17). The van der Waals surface area contributed by atoms with Gasteiger partial charge in [0.25, 0.3) is 0 Å². The van der Waals surface area contributed by atoms with E-state index in [4.69, 9.17) is 19.9 Å². The van der Waals surface area contributed by atoms with Crippen molar-refractivity contribution in [1.29, 1.82) is 0 Å². The van der Waals surface area contributed by atoms with Crippen LogP contribution in [0, 0.1) is 0 Å².